The van der Waals surface area contributed by atoms with Crippen LogP contribution in [-0.2, 0) is 11.3 Å². The summed E-state index contributed by atoms with van der Waals surface area (Å²) in [6.45, 7) is 2.41. The maximum atomic E-state index is 12.9. The zero-order chi connectivity index (χ0) is 10.5. The van der Waals surface area contributed by atoms with Crippen molar-refractivity contribution in [2.24, 2.45) is 0 Å². The predicted octanol–water partition coefficient (Wildman–Crippen LogP) is 2.09. The minimum Gasteiger partial charge on any atom is -0.381 e. The largest absolute Gasteiger partial charge is 0.381 e. The summed E-state index contributed by atoms with van der Waals surface area (Å²) >= 11 is 0. The topological polar surface area (TPSA) is 21.3 Å². The van der Waals surface area contributed by atoms with Crippen LogP contribution in [0.15, 0.2) is 24.3 Å². The third kappa shape index (κ3) is 3.29. The normalized spacial score (nSPS) is 17.9. The van der Waals surface area contributed by atoms with E-state index in [4.69, 9.17) is 4.74 Å². The summed E-state index contributed by atoms with van der Waals surface area (Å²) in [7, 11) is 0. The highest BCUT2D eigenvalue weighted by molar-refractivity contribution is 5.16. The Hall–Kier alpha value is -0.930. The van der Waals surface area contributed by atoms with Crippen LogP contribution in [-0.4, -0.2) is 19.3 Å². The average Bonchev–Trinajstić information content (AvgIpc) is 2.28. The third-order valence-corrected chi connectivity index (χ3v) is 2.71. The van der Waals surface area contributed by atoms with Crippen molar-refractivity contribution in [3.05, 3.63) is 35.6 Å². The van der Waals surface area contributed by atoms with Crippen LogP contribution < -0.4 is 5.32 Å². The quantitative estimate of drug-likeness (QED) is 0.823. The molecule has 2 rings (SSSR count). The molecule has 0 atom stereocenters. The molecule has 3 heteroatoms. The molecule has 1 aliphatic rings. The van der Waals surface area contributed by atoms with Gasteiger partial charge in [0, 0.05) is 25.8 Å². The molecule has 82 valence electrons. The van der Waals surface area contributed by atoms with Gasteiger partial charge in [-0.3, -0.25) is 0 Å². The Morgan fingerprint density at radius 3 is 2.87 bits per heavy atom. The van der Waals surface area contributed by atoms with Gasteiger partial charge in [-0.05, 0) is 30.5 Å². The van der Waals surface area contributed by atoms with E-state index in [0.29, 0.717) is 6.04 Å². The van der Waals surface area contributed by atoms with E-state index >= 15 is 0 Å². The second-order valence-corrected chi connectivity index (χ2v) is 3.90. The highest BCUT2D eigenvalue weighted by atomic mass is 19.1. The van der Waals surface area contributed by atoms with Crippen LogP contribution in [0.2, 0.25) is 0 Å². The van der Waals surface area contributed by atoms with Gasteiger partial charge in [0.2, 0.25) is 0 Å². The fourth-order valence-corrected chi connectivity index (χ4v) is 1.81. The van der Waals surface area contributed by atoms with Crippen molar-refractivity contribution in [1.29, 1.82) is 0 Å². The lowest BCUT2D eigenvalue weighted by molar-refractivity contribution is 0.0776. The molecule has 0 aliphatic carbocycles. The third-order valence-electron chi connectivity index (χ3n) is 2.71. The first-order chi connectivity index (χ1) is 7.34. The second-order valence-electron chi connectivity index (χ2n) is 3.90. The van der Waals surface area contributed by atoms with Crippen LogP contribution in [0.4, 0.5) is 4.39 Å². The smallest absolute Gasteiger partial charge is 0.123 e. The van der Waals surface area contributed by atoms with E-state index in [-0.39, 0.29) is 5.82 Å². The SMILES string of the molecule is Fc1cccc(CNC2CCOCC2)c1. The van der Waals surface area contributed by atoms with Gasteiger partial charge in [0.25, 0.3) is 0 Å². The number of nitrogens with one attached hydrogen (secondary N) is 1. The standard InChI is InChI=1S/C12H16FNO/c13-11-3-1-2-10(8-11)9-14-12-4-6-15-7-5-12/h1-3,8,12,14H,4-7,9H2. The first-order valence-electron chi connectivity index (χ1n) is 5.40. The number of hydrogen-bond acceptors (Lipinski definition) is 2. The molecular formula is C12H16FNO. The number of halogens is 1. The first-order valence-corrected chi connectivity index (χ1v) is 5.40. The van der Waals surface area contributed by atoms with Crippen molar-refractivity contribution < 1.29 is 9.13 Å². The van der Waals surface area contributed by atoms with Crippen molar-refractivity contribution in [1.82, 2.24) is 5.32 Å². The van der Waals surface area contributed by atoms with Gasteiger partial charge in [0.15, 0.2) is 0 Å². The van der Waals surface area contributed by atoms with Gasteiger partial charge in [-0.2, -0.15) is 0 Å². The number of rotatable bonds is 3. The van der Waals surface area contributed by atoms with E-state index < -0.39 is 0 Å². The van der Waals surface area contributed by atoms with E-state index in [1.165, 1.54) is 6.07 Å². The Bertz CT molecular complexity index is 310. The predicted molar refractivity (Wildman–Crippen MR) is 57.1 cm³/mol. The number of benzene rings is 1. The molecule has 0 spiro atoms. The molecule has 1 saturated heterocycles. The molecule has 0 unspecified atom stereocenters. The Morgan fingerprint density at radius 1 is 1.33 bits per heavy atom. The summed E-state index contributed by atoms with van der Waals surface area (Å²) in [6, 6.07) is 7.25. The van der Waals surface area contributed by atoms with Gasteiger partial charge in [0.1, 0.15) is 5.82 Å². The lowest BCUT2D eigenvalue weighted by Crippen LogP contribution is -2.34. The van der Waals surface area contributed by atoms with E-state index in [9.17, 15) is 4.39 Å². The molecule has 1 heterocycles. The monoisotopic (exact) mass is 209 g/mol. The van der Waals surface area contributed by atoms with Crippen LogP contribution >= 0.6 is 0 Å². The molecule has 1 aromatic carbocycles. The molecule has 1 aliphatic heterocycles. The molecule has 1 N–H and O–H groups in total. The van der Waals surface area contributed by atoms with Gasteiger partial charge in [0.05, 0.1) is 0 Å². The zero-order valence-corrected chi connectivity index (χ0v) is 8.71. The van der Waals surface area contributed by atoms with Crippen LogP contribution in [0.3, 0.4) is 0 Å². The van der Waals surface area contributed by atoms with E-state index in [2.05, 4.69) is 5.32 Å². The lowest BCUT2D eigenvalue weighted by atomic mass is 10.1. The molecule has 0 saturated carbocycles. The molecular weight excluding hydrogens is 193 g/mol. The summed E-state index contributed by atoms with van der Waals surface area (Å²) in [4.78, 5) is 0. The molecule has 2 nitrogen and oxygen atoms in total. The number of hydrogen-bond donors (Lipinski definition) is 1. The Labute approximate surface area is 89.4 Å². The summed E-state index contributed by atoms with van der Waals surface area (Å²) in [5, 5.41) is 3.42. The van der Waals surface area contributed by atoms with Crippen LogP contribution in [0.5, 0.6) is 0 Å². The molecule has 0 amide bonds. The van der Waals surface area contributed by atoms with E-state index in [0.717, 1.165) is 38.2 Å². The summed E-state index contributed by atoms with van der Waals surface area (Å²) < 4.78 is 18.2. The molecule has 0 radical (unpaired) electrons. The molecule has 15 heavy (non-hydrogen) atoms. The Morgan fingerprint density at radius 2 is 2.13 bits per heavy atom. The fourth-order valence-electron chi connectivity index (χ4n) is 1.81. The second kappa shape index (κ2) is 5.24. The van der Waals surface area contributed by atoms with Crippen molar-refractivity contribution in [3.8, 4) is 0 Å². The van der Waals surface area contributed by atoms with Gasteiger partial charge in [-0.25, -0.2) is 4.39 Å². The summed E-state index contributed by atoms with van der Waals surface area (Å²) in [5.41, 5.74) is 1.00. The molecule has 0 bridgehead atoms. The Kier molecular flexibility index (Phi) is 3.69. The molecule has 0 aromatic heterocycles. The maximum absolute atomic E-state index is 12.9. The minimum absolute atomic E-state index is 0.165. The molecule has 1 aromatic rings. The van der Waals surface area contributed by atoms with Crippen molar-refractivity contribution in [3.63, 3.8) is 0 Å². The summed E-state index contributed by atoms with van der Waals surface area (Å²) in [6.07, 6.45) is 2.10. The Balaban J connectivity index is 1.81. The summed E-state index contributed by atoms with van der Waals surface area (Å²) in [5.74, 6) is -0.165. The van der Waals surface area contributed by atoms with Gasteiger partial charge >= 0.3 is 0 Å². The van der Waals surface area contributed by atoms with Crippen LogP contribution in [0, 0.1) is 5.82 Å². The van der Waals surface area contributed by atoms with Gasteiger partial charge < -0.3 is 10.1 Å². The maximum Gasteiger partial charge on any atom is 0.123 e. The van der Waals surface area contributed by atoms with E-state index in [1.54, 1.807) is 12.1 Å². The van der Waals surface area contributed by atoms with Gasteiger partial charge in [-0.1, -0.05) is 12.1 Å². The van der Waals surface area contributed by atoms with Crippen molar-refractivity contribution >= 4 is 0 Å². The lowest BCUT2D eigenvalue weighted by Gasteiger charge is -2.23. The van der Waals surface area contributed by atoms with Crippen molar-refractivity contribution in [2.75, 3.05) is 13.2 Å². The highest BCUT2D eigenvalue weighted by Gasteiger charge is 2.12. The van der Waals surface area contributed by atoms with Crippen LogP contribution in [0.1, 0.15) is 18.4 Å². The highest BCUT2D eigenvalue weighted by Crippen LogP contribution is 2.08. The number of ether oxygens (including phenoxy) is 1. The first kappa shape index (κ1) is 10.6. The minimum atomic E-state index is -0.165. The molecule has 1 fully saturated rings. The zero-order valence-electron chi connectivity index (χ0n) is 8.71. The van der Waals surface area contributed by atoms with E-state index in [1.807, 2.05) is 6.07 Å². The van der Waals surface area contributed by atoms with Crippen LogP contribution in [0.25, 0.3) is 0 Å². The van der Waals surface area contributed by atoms with Gasteiger partial charge in [-0.15, -0.1) is 0 Å². The average molecular weight is 209 g/mol. The van der Waals surface area contributed by atoms with Crippen molar-refractivity contribution in [2.45, 2.75) is 25.4 Å². The fraction of sp³-hybridized carbons (Fsp3) is 0.500.